The van der Waals surface area contributed by atoms with E-state index >= 15 is 0 Å². The van der Waals surface area contributed by atoms with E-state index in [2.05, 4.69) is 27.8 Å². The monoisotopic (exact) mass is 449 g/mol. The second-order valence-electron chi connectivity index (χ2n) is 7.98. The first-order valence-corrected chi connectivity index (χ1v) is 11.5. The minimum atomic E-state index is -0.270. The van der Waals surface area contributed by atoms with Crippen LogP contribution in [0.5, 0.6) is 0 Å². The van der Waals surface area contributed by atoms with Crippen molar-refractivity contribution in [2.75, 3.05) is 31.5 Å². The number of anilines is 1. The summed E-state index contributed by atoms with van der Waals surface area (Å²) in [6.07, 6.45) is 5.67. The first-order valence-electron chi connectivity index (χ1n) is 11.5. The molecule has 1 aromatic carbocycles. The van der Waals surface area contributed by atoms with E-state index in [9.17, 15) is 4.79 Å². The van der Waals surface area contributed by atoms with Gasteiger partial charge in [-0.15, -0.1) is 0 Å². The molecular weight excluding hydrogens is 418 g/mol. The lowest BCUT2D eigenvalue weighted by Crippen LogP contribution is -2.42. The number of furan rings is 2. The van der Waals surface area contributed by atoms with Gasteiger partial charge in [-0.1, -0.05) is 12.1 Å². The van der Waals surface area contributed by atoms with Gasteiger partial charge in [0.2, 0.25) is 0 Å². The van der Waals surface area contributed by atoms with E-state index in [1.165, 1.54) is 19.1 Å². The first-order chi connectivity index (χ1) is 16.2. The minimum Gasteiger partial charge on any atom is -0.468 e. The Bertz CT molecular complexity index is 1010. The second-order valence-corrected chi connectivity index (χ2v) is 7.98. The Labute approximate surface area is 194 Å². The number of hydrogen-bond donors (Lipinski definition) is 3. The molecule has 0 radical (unpaired) electrons. The number of carbonyl (C=O) groups is 1. The lowest BCUT2D eigenvalue weighted by Gasteiger charge is -2.26. The van der Waals surface area contributed by atoms with Gasteiger partial charge < -0.3 is 24.8 Å². The topological polar surface area (TPSA) is 95.0 Å². The van der Waals surface area contributed by atoms with Crippen molar-refractivity contribution in [2.45, 2.75) is 32.4 Å². The van der Waals surface area contributed by atoms with Gasteiger partial charge in [-0.3, -0.25) is 9.69 Å². The highest BCUT2D eigenvalue weighted by molar-refractivity contribution is 6.02. The summed E-state index contributed by atoms with van der Waals surface area (Å²) in [5.41, 5.74) is 1.76. The molecule has 3 aromatic rings. The fourth-order valence-electron chi connectivity index (χ4n) is 3.94. The van der Waals surface area contributed by atoms with Gasteiger partial charge in [-0.05, 0) is 74.8 Å². The summed E-state index contributed by atoms with van der Waals surface area (Å²) in [6.45, 7) is 6.25. The molecule has 0 bridgehead atoms. The van der Waals surface area contributed by atoms with Gasteiger partial charge in [0.05, 0.1) is 25.1 Å². The van der Waals surface area contributed by atoms with Gasteiger partial charge in [-0.2, -0.15) is 0 Å². The van der Waals surface area contributed by atoms with Crippen molar-refractivity contribution in [3.63, 3.8) is 0 Å². The fourth-order valence-corrected chi connectivity index (χ4v) is 3.94. The summed E-state index contributed by atoms with van der Waals surface area (Å²) in [5.74, 6) is 1.76. The van der Waals surface area contributed by atoms with E-state index < -0.39 is 0 Å². The predicted molar refractivity (Wildman–Crippen MR) is 128 cm³/mol. The van der Waals surface area contributed by atoms with Crippen LogP contribution in [-0.2, 0) is 6.54 Å². The first kappa shape index (κ1) is 22.7. The van der Waals surface area contributed by atoms with Gasteiger partial charge in [0.1, 0.15) is 5.76 Å². The van der Waals surface area contributed by atoms with E-state index in [0.717, 1.165) is 43.5 Å². The van der Waals surface area contributed by atoms with Crippen molar-refractivity contribution in [1.29, 1.82) is 0 Å². The normalized spacial score (nSPS) is 15.4. The Morgan fingerprint density at radius 3 is 2.45 bits per heavy atom. The summed E-state index contributed by atoms with van der Waals surface area (Å²) in [4.78, 5) is 19.3. The lowest BCUT2D eigenvalue weighted by molar-refractivity contribution is 0.0996. The van der Waals surface area contributed by atoms with Crippen molar-refractivity contribution in [3.8, 4) is 0 Å². The lowest BCUT2D eigenvalue weighted by atomic mass is 10.2. The quantitative estimate of drug-likeness (QED) is 0.337. The fraction of sp³-hybridized carbons (Fsp3) is 0.360. The molecule has 1 unspecified atom stereocenters. The summed E-state index contributed by atoms with van der Waals surface area (Å²) < 4.78 is 10.8. The highest BCUT2D eigenvalue weighted by atomic mass is 16.3. The number of hydrogen-bond acceptors (Lipinski definition) is 5. The molecule has 1 aliphatic rings. The van der Waals surface area contributed by atoms with Gasteiger partial charge in [0, 0.05) is 18.8 Å². The maximum atomic E-state index is 12.1. The van der Waals surface area contributed by atoms with E-state index in [4.69, 9.17) is 13.8 Å². The number of carbonyl (C=O) groups excluding carboxylic acids is 1. The molecule has 1 amide bonds. The molecule has 0 spiro atoms. The SMILES string of the molecule is CCNC(=NCc1ccc(NC(=O)c2ccco2)cc1)NCC(c1ccco1)N1CCCC1. The number of guanidine groups is 1. The molecule has 2 aromatic heterocycles. The molecule has 0 aliphatic carbocycles. The van der Waals surface area contributed by atoms with Gasteiger partial charge in [-0.25, -0.2) is 4.99 Å². The van der Waals surface area contributed by atoms with Crippen molar-refractivity contribution in [2.24, 2.45) is 4.99 Å². The zero-order valence-electron chi connectivity index (χ0n) is 18.9. The Morgan fingerprint density at radius 1 is 1.03 bits per heavy atom. The van der Waals surface area contributed by atoms with Crippen LogP contribution in [0.2, 0.25) is 0 Å². The summed E-state index contributed by atoms with van der Waals surface area (Å²) in [5, 5.41) is 9.62. The maximum Gasteiger partial charge on any atom is 0.291 e. The molecule has 1 aliphatic heterocycles. The third-order valence-corrected chi connectivity index (χ3v) is 5.64. The molecule has 3 N–H and O–H groups in total. The van der Waals surface area contributed by atoms with Crippen molar-refractivity contribution in [3.05, 3.63) is 78.1 Å². The number of nitrogens with zero attached hydrogens (tertiary/aromatic N) is 2. The van der Waals surface area contributed by atoms with Crippen LogP contribution in [-0.4, -0.2) is 42.9 Å². The Morgan fingerprint density at radius 2 is 1.79 bits per heavy atom. The number of amides is 1. The number of likely N-dealkylation sites (tertiary alicyclic amines) is 1. The van der Waals surface area contributed by atoms with Crippen LogP contribution >= 0.6 is 0 Å². The van der Waals surface area contributed by atoms with Crippen LogP contribution in [0.15, 0.2) is 74.9 Å². The number of nitrogens with one attached hydrogen (secondary N) is 3. The summed E-state index contributed by atoms with van der Waals surface area (Å²) in [7, 11) is 0. The van der Waals surface area contributed by atoms with Crippen LogP contribution in [0.25, 0.3) is 0 Å². The minimum absolute atomic E-state index is 0.184. The zero-order chi connectivity index (χ0) is 22.9. The third kappa shape index (κ3) is 6.26. The predicted octanol–water partition coefficient (Wildman–Crippen LogP) is 4.02. The molecule has 0 saturated carbocycles. The molecule has 8 heteroatoms. The van der Waals surface area contributed by atoms with Crippen molar-refractivity contribution >= 4 is 17.6 Å². The highest BCUT2D eigenvalue weighted by Gasteiger charge is 2.25. The second kappa shape index (κ2) is 11.4. The Balaban J connectivity index is 1.35. The van der Waals surface area contributed by atoms with Gasteiger partial charge >= 0.3 is 0 Å². The number of rotatable bonds is 9. The smallest absolute Gasteiger partial charge is 0.291 e. The average molecular weight is 450 g/mol. The molecule has 4 rings (SSSR count). The van der Waals surface area contributed by atoms with Crippen molar-refractivity contribution in [1.82, 2.24) is 15.5 Å². The summed E-state index contributed by atoms with van der Waals surface area (Å²) in [6, 6.07) is 15.1. The van der Waals surface area contributed by atoms with E-state index in [-0.39, 0.29) is 17.7 Å². The molecule has 33 heavy (non-hydrogen) atoms. The molecule has 1 saturated heterocycles. The maximum absolute atomic E-state index is 12.1. The van der Waals surface area contributed by atoms with E-state index in [1.807, 2.05) is 36.4 Å². The van der Waals surface area contributed by atoms with Crippen LogP contribution in [0.4, 0.5) is 5.69 Å². The van der Waals surface area contributed by atoms with Crippen molar-refractivity contribution < 1.29 is 13.6 Å². The Kier molecular flexibility index (Phi) is 7.81. The molecule has 1 fully saturated rings. The van der Waals surface area contributed by atoms with Gasteiger partial charge in [0.25, 0.3) is 5.91 Å². The van der Waals surface area contributed by atoms with Crippen LogP contribution in [0.3, 0.4) is 0 Å². The van der Waals surface area contributed by atoms with Crippen LogP contribution in [0, 0.1) is 0 Å². The molecule has 3 heterocycles. The molecule has 174 valence electrons. The summed E-state index contributed by atoms with van der Waals surface area (Å²) >= 11 is 0. The van der Waals surface area contributed by atoms with Gasteiger partial charge in [0.15, 0.2) is 11.7 Å². The average Bonchev–Trinajstić information content (AvgIpc) is 3.62. The van der Waals surface area contributed by atoms with E-state index in [0.29, 0.717) is 12.2 Å². The highest BCUT2D eigenvalue weighted by Crippen LogP contribution is 2.24. The van der Waals surface area contributed by atoms with Crippen LogP contribution in [0.1, 0.15) is 47.7 Å². The zero-order valence-corrected chi connectivity index (χ0v) is 18.9. The Hall–Kier alpha value is -3.52. The molecular formula is C25H31N5O3. The van der Waals surface area contributed by atoms with Crippen LogP contribution < -0.4 is 16.0 Å². The molecule has 1 atom stereocenters. The standard InChI is InChI=1S/C25H31N5O3/c1-2-26-25(28-18-21(22-7-5-15-32-22)30-13-3-4-14-30)27-17-19-9-11-20(12-10-19)29-24(31)23-8-6-16-33-23/h5-12,15-16,21H,2-4,13-14,17-18H2,1H3,(H,29,31)(H2,26,27,28). The number of benzene rings is 1. The largest absolute Gasteiger partial charge is 0.468 e. The molecule has 8 nitrogen and oxygen atoms in total. The van der Waals surface area contributed by atoms with E-state index in [1.54, 1.807) is 18.4 Å². The third-order valence-electron chi connectivity index (χ3n) is 5.64. The number of aliphatic imine (C=N–C) groups is 1.